The Kier molecular flexibility index (Phi) is 6.63. The molecule has 0 aliphatic carbocycles. The summed E-state index contributed by atoms with van der Waals surface area (Å²) in [5.41, 5.74) is 0. The summed E-state index contributed by atoms with van der Waals surface area (Å²) in [4.78, 5) is 18.6. The van der Waals surface area contributed by atoms with E-state index in [0.29, 0.717) is 18.1 Å². The van der Waals surface area contributed by atoms with Gasteiger partial charge in [-0.05, 0) is 26.7 Å². The van der Waals surface area contributed by atoms with Crippen molar-refractivity contribution in [3.63, 3.8) is 0 Å². The van der Waals surface area contributed by atoms with Gasteiger partial charge in [0, 0.05) is 13.0 Å². The van der Waals surface area contributed by atoms with E-state index in [1.165, 1.54) is 0 Å². The Bertz CT molecular complexity index is 396. The third kappa shape index (κ3) is 7.23. The molecule has 19 heavy (non-hydrogen) atoms. The zero-order valence-corrected chi connectivity index (χ0v) is 11.4. The summed E-state index contributed by atoms with van der Waals surface area (Å²) in [7, 11) is 0. The first-order valence-corrected chi connectivity index (χ1v) is 6.52. The van der Waals surface area contributed by atoms with Crippen LogP contribution in [-0.2, 0) is 4.79 Å². The van der Waals surface area contributed by atoms with Gasteiger partial charge in [0.25, 0.3) is 0 Å². The molecule has 1 aromatic rings. The molecular formula is C13H21N3O3. The monoisotopic (exact) mass is 267 g/mol. The summed E-state index contributed by atoms with van der Waals surface area (Å²) in [6.07, 6.45) is 6.03. The highest BCUT2D eigenvalue weighted by molar-refractivity contribution is 5.66. The van der Waals surface area contributed by atoms with Gasteiger partial charge in [0.05, 0.1) is 18.5 Å². The maximum absolute atomic E-state index is 10.3. The molecule has 0 aromatic carbocycles. The molecule has 0 saturated heterocycles. The Morgan fingerprint density at radius 3 is 2.84 bits per heavy atom. The van der Waals surface area contributed by atoms with E-state index >= 15 is 0 Å². The summed E-state index contributed by atoms with van der Waals surface area (Å²) < 4.78 is 5.45. The summed E-state index contributed by atoms with van der Waals surface area (Å²) in [6.45, 7) is 4.62. The molecule has 1 heterocycles. The normalized spacial score (nSPS) is 10.5. The van der Waals surface area contributed by atoms with Crippen molar-refractivity contribution in [2.45, 2.75) is 45.6 Å². The molecule has 2 N–H and O–H groups in total. The van der Waals surface area contributed by atoms with E-state index in [4.69, 9.17) is 9.84 Å². The van der Waals surface area contributed by atoms with E-state index in [-0.39, 0.29) is 12.5 Å². The topological polar surface area (TPSA) is 84.3 Å². The fraction of sp³-hybridized carbons (Fsp3) is 0.615. The largest absolute Gasteiger partial charge is 0.481 e. The number of carboxylic acid groups (broad SMARTS) is 1. The fourth-order valence-electron chi connectivity index (χ4n) is 1.53. The molecule has 0 unspecified atom stereocenters. The highest BCUT2D eigenvalue weighted by Crippen LogP contribution is 2.11. The van der Waals surface area contributed by atoms with Gasteiger partial charge >= 0.3 is 5.97 Å². The number of anilines is 1. The number of carbonyl (C=O) groups is 1. The van der Waals surface area contributed by atoms with Crippen LogP contribution in [0, 0.1) is 0 Å². The first-order valence-electron chi connectivity index (χ1n) is 6.52. The van der Waals surface area contributed by atoms with Gasteiger partial charge in [0.2, 0.25) is 5.88 Å². The van der Waals surface area contributed by atoms with Gasteiger partial charge in [-0.25, -0.2) is 0 Å². The molecule has 0 saturated carbocycles. The van der Waals surface area contributed by atoms with Crippen LogP contribution in [0.25, 0.3) is 0 Å². The Labute approximate surface area is 113 Å². The van der Waals surface area contributed by atoms with Gasteiger partial charge in [-0.15, -0.1) is 0 Å². The standard InChI is InChI=1S/C13H21N3O3/c1-10(2)19-12-9-14-8-11(16-12)15-7-5-3-4-6-13(17)18/h8-10H,3-7H2,1-2H3,(H,15,16)(H,17,18). The van der Waals surface area contributed by atoms with Crippen molar-refractivity contribution >= 4 is 11.8 Å². The second-order valence-corrected chi connectivity index (χ2v) is 4.54. The highest BCUT2D eigenvalue weighted by Gasteiger charge is 2.02. The van der Waals surface area contributed by atoms with Crippen LogP contribution in [0.3, 0.4) is 0 Å². The molecule has 0 fully saturated rings. The smallest absolute Gasteiger partial charge is 0.303 e. The number of carboxylic acids is 1. The first kappa shape index (κ1) is 15.2. The van der Waals surface area contributed by atoms with E-state index in [9.17, 15) is 4.79 Å². The third-order valence-corrected chi connectivity index (χ3v) is 2.34. The number of ether oxygens (including phenoxy) is 1. The van der Waals surface area contributed by atoms with Crippen molar-refractivity contribution in [1.82, 2.24) is 9.97 Å². The molecule has 6 heteroatoms. The van der Waals surface area contributed by atoms with Gasteiger partial charge in [0.1, 0.15) is 5.82 Å². The number of nitrogens with zero attached hydrogens (tertiary/aromatic N) is 2. The number of unbranched alkanes of at least 4 members (excludes halogenated alkanes) is 2. The van der Waals surface area contributed by atoms with Crippen LogP contribution in [-0.4, -0.2) is 33.7 Å². The van der Waals surface area contributed by atoms with Crippen LogP contribution in [0.15, 0.2) is 12.4 Å². The van der Waals surface area contributed by atoms with Crippen molar-refractivity contribution < 1.29 is 14.6 Å². The Balaban J connectivity index is 2.23. The molecule has 106 valence electrons. The van der Waals surface area contributed by atoms with Crippen LogP contribution in [0.2, 0.25) is 0 Å². The molecule has 1 rings (SSSR count). The second kappa shape index (κ2) is 8.29. The van der Waals surface area contributed by atoms with E-state index in [0.717, 1.165) is 19.4 Å². The lowest BCUT2D eigenvalue weighted by atomic mass is 10.2. The molecule has 0 spiro atoms. The minimum Gasteiger partial charge on any atom is -0.481 e. The predicted molar refractivity (Wildman–Crippen MR) is 72.4 cm³/mol. The van der Waals surface area contributed by atoms with Crippen LogP contribution >= 0.6 is 0 Å². The van der Waals surface area contributed by atoms with Crippen LogP contribution in [0.5, 0.6) is 5.88 Å². The van der Waals surface area contributed by atoms with Crippen LogP contribution in [0.1, 0.15) is 39.5 Å². The second-order valence-electron chi connectivity index (χ2n) is 4.54. The molecule has 0 radical (unpaired) electrons. The number of aliphatic carboxylic acids is 1. The molecule has 0 amide bonds. The first-order chi connectivity index (χ1) is 9.08. The molecular weight excluding hydrogens is 246 g/mol. The lowest BCUT2D eigenvalue weighted by molar-refractivity contribution is -0.137. The summed E-state index contributed by atoms with van der Waals surface area (Å²) in [6, 6.07) is 0. The average Bonchev–Trinajstić information content (AvgIpc) is 2.33. The number of hydrogen-bond acceptors (Lipinski definition) is 5. The lowest BCUT2D eigenvalue weighted by Crippen LogP contribution is -2.09. The molecule has 0 atom stereocenters. The molecule has 1 aromatic heterocycles. The quantitative estimate of drug-likeness (QED) is 0.668. The summed E-state index contributed by atoms with van der Waals surface area (Å²) in [5, 5.41) is 11.6. The Hall–Kier alpha value is -1.85. The number of nitrogens with one attached hydrogen (secondary N) is 1. The van der Waals surface area contributed by atoms with Crippen LogP contribution in [0.4, 0.5) is 5.82 Å². The SMILES string of the molecule is CC(C)Oc1cncc(NCCCCCC(=O)O)n1. The van der Waals surface area contributed by atoms with Crippen molar-refractivity contribution in [2.24, 2.45) is 0 Å². The number of aromatic nitrogens is 2. The third-order valence-electron chi connectivity index (χ3n) is 2.34. The maximum Gasteiger partial charge on any atom is 0.303 e. The van der Waals surface area contributed by atoms with Crippen molar-refractivity contribution in [3.8, 4) is 5.88 Å². The Morgan fingerprint density at radius 1 is 1.37 bits per heavy atom. The zero-order chi connectivity index (χ0) is 14.1. The molecule has 6 nitrogen and oxygen atoms in total. The van der Waals surface area contributed by atoms with Gasteiger partial charge < -0.3 is 15.2 Å². The number of hydrogen-bond donors (Lipinski definition) is 2. The van der Waals surface area contributed by atoms with E-state index in [1.807, 2.05) is 13.8 Å². The lowest BCUT2D eigenvalue weighted by Gasteiger charge is -2.10. The zero-order valence-electron chi connectivity index (χ0n) is 11.4. The summed E-state index contributed by atoms with van der Waals surface area (Å²) in [5.74, 6) is 0.444. The molecule has 0 bridgehead atoms. The number of rotatable bonds is 9. The minimum atomic E-state index is -0.739. The highest BCUT2D eigenvalue weighted by atomic mass is 16.5. The van der Waals surface area contributed by atoms with Gasteiger partial charge in [-0.3, -0.25) is 9.78 Å². The Morgan fingerprint density at radius 2 is 2.16 bits per heavy atom. The predicted octanol–water partition coefficient (Wildman–Crippen LogP) is 2.32. The van der Waals surface area contributed by atoms with Crippen molar-refractivity contribution in [3.05, 3.63) is 12.4 Å². The van der Waals surface area contributed by atoms with Gasteiger partial charge in [-0.1, -0.05) is 6.42 Å². The van der Waals surface area contributed by atoms with E-state index in [2.05, 4.69) is 15.3 Å². The van der Waals surface area contributed by atoms with Crippen molar-refractivity contribution in [1.29, 1.82) is 0 Å². The average molecular weight is 267 g/mol. The van der Waals surface area contributed by atoms with E-state index in [1.54, 1.807) is 12.4 Å². The molecule has 0 aliphatic heterocycles. The molecule has 0 aliphatic rings. The minimum absolute atomic E-state index is 0.0700. The van der Waals surface area contributed by atoms with E-state index < -0.39 is 5.97 Å². The fourth-order valence-corrected chi connectivity index (χ4v) is 1.53. The maximum atomic E-state index is 10.3. The van der Waals surface area contributed by atoms with Gasteiger partial charge in [0.15, 0.2) is 0 Å². The summed E-state index contributed by atoms with van der Waals surface area (Å²) >= 11 is 0. The van der Waals surface area contributed by atoms with Crippen molar-refractivity contribution in [2.75, 3.05) is 11.9 Å². The van der Waals surface area contributed by atoms with Crippen LogP contribution < -0.4 is 10.1 Å². The van der Waals surface area contributed by atoms with Gasteiger partial charge in [-0.2, -0.15) is 4.98 Å².